The van der Waals surface area contributed by atoms with Crippen LogP contribution in [0, 0.1) is 13.8 Å². The minimum atomic E-state index is -5.14. The van der Waals surface area contributed by atoms with Crippen molar-refractivity contribution in [3.05, 3.63) is 90.0 Å². The zero-order valence-electron chi connectivity index (χ0n) is 16.4. The van der Waals surface area contributed by atoms with Gasteiger partial charge in [0.2, 0.25) is 0 Å². The molecule has 7 heteroatoms. The summed E-state index contributed by atoms with van der Waals surface area (Å²) >= 11 is 0. The molecule has 0 fully saturated rings. The van der Waals surface area contributed by atoms with E-state index in [1.165, 1.54) is 25.8 Å². The Morgan fingerprint density at radius 1 is 0.533 bits per heavy atom. The fraction of sp³-hybridized carbons (Fsp3) is 0.217. The van der Waals surface area contributed by atoms with Crippen LogP contribution in [-0.4, -0.2) is 12.4 Å². The number of aryl methyl sites for hydroxylation is 2. The highest BCUT2D eigenvalue weighted by Gasteiger charge is 2.43. The normalized spacial score (nSPS) is 11.8. The molecule has 0 saturated heterocycles. The molecule has 0 aliphatic heterocycles. The van der Waals surface area contributed by atoms with Crippen molar-refractivity contribution in [3.63, 3.8) is 0 Å². The average Bonchev–Trinajstić information content (AvgIpc) is 2.64. The Morgan fingerprint density at radius 3 is 1.17 bits per heavy atom. The van der Waals surface area contributed by atoms with E-state index in [2.05, 4.69) is 92.7 Å². The minimum Gasteiger partial charge on any atom is -0.171 e. The maximum Gasteiger partial charge on any atom is 0.397 e. The lowest BCUT2D eigenvalue weighted by atomic mass is 10.2. The van der Waals surface area contributed by atoms with Crippen molar-refractivity contribution in [3.8, 4) is 0 Å². The summed E-state index contributed by atoms with van der Waals surface area (Å²) in [6.45, 7) is 4.27. The lowest BCUT2D eigenvalue weighted by Crippen LogP contribution is -2.20. The van der Waals surface area contributed by atoms with Gasteiger partial charge in [0, 0.05) is 0 Å². The standard InChI is InChI=1S/C20H19S.C3H2F6/c1-16-8-12-19(13-9-16)21(18-6-4-3-5-7-18)20-14-10-17(2)11-15-20;4-2(5,6)1-3(7,8)9/h3-15H,1-2H3;1H2/q+1;. The highest BCUT2D eigenvalue weighted by molar-refractivity contribution is 7.97. The van der Waals surface area contributed by atoms with Crippen LogP contribution in [-0.2, 0) is 10.9 Å². The number of hydrogen-bond acceptors (Lipinski definition) is 0. The van der Waals surface area contributed by atoms with Crippen molar-refractivity contribution < 1.29 is 26.3 Å². The molecule has 0 atom stereocenters. The smallest absolute Gasteiger partial charge is 0.171 e. The molecule has 0 aliphatic carbocycles. The number of alkyl halides is 6. The Hall–Kier alpha value is -2.41. The summed E-state index contributed by atoms with van der Waals surface area (Å²) in [5.74, 6) is 0. The van der Waals surface area contributed by atoms with Gasteiger partial charge in [0.15, 0.2) is 14.7 Å². The SMILES string of the molecule is Cc1ccc([S+](c2ccccc2)c2ccc(C)cc2)cc1.FC(F)(F)CC(F)(F)F. The maximum atomic E-state index is 10.8. The van der Waals surface area contributed by atoms with Gasteiger partial charge in [-0.3, -0.25) is 0 Å². The van der Waals surface area contributed by atoms with Gasteiger partial charge in [0.05, 0.1) is 10.9 Å². The lowest BCUT2D eigenvalue weighted by molar-refractivity contribution is -0.232. The lowest BCUT2D eigenvalue weighted by Gasteiger charge is -2.08. The average molecular weight is 443 g/mol. The van der Waals surface area contributed by atoms with Crippen molar-refractivity contribution in [1.82, 2.24) is 0 Å². The predicted molar refractivity (Wildman–Crippen MR) is 108 cm³/mol. The second kappa shape index (κ2) is 10.1. The van der Waals surface area contributed by atoms with Crippen LogP contribution in [0.1, 0.15) is 17.5 Å². The van der Waals surface area contributed by atoms with E-state index in [-0.39, 0.29) is 10.9 Å². The molecule has 0 radical (unpaired) electrons. The molecule has 0 heterocycles. The maximum absolute atomic E-state index is 10.8. The van der Waals surface area contributed by atoms with E-state index >= 15 is 0 Å². The third-order valence-electron chi connectivity index (χ3n) is 3.89. The minimum absolute atomic E-state index is 0.0312. The van der Waals surface area contributed by atoms with Gasteiger partial charge < -0.3 is 0 Å². The quantitative estimate of drug-likeness (QED) is 0.285. The summed E-state index contributed by atoms with van der Waals surface area (Å²) in [7, 11) is -0.0312. The first-order valence-corrected chi connectivity index (χ1v) is 10.2. The Balaban J connectivity index is 0.000000303. The van der Waals surface area contributed by atoms with Gasteiger partial charge in [-0.05, 0) is 50.2 Å². The third-order valence-corrected chi connectivity index (χ3v) is 6.12. The molecule has 3 rings (SSSR count). The molecule has 3 aromatic carbocycles. The van der Waals surface area contributed by atoms with Gasteiger partial charge in [-0.2, -0.15) is 26.3 Å². The van der Waals surface area contributed by atoms with Gasteiger partial charge in [0.25, 0.3) is 0 Å². The zero-order chi connectivity index (χ0) is 22.4. The van der Waals surface area contributed by atoms with Gasteiger partial charge in [-0.25, -0.2) is 0 Å². The predicted octanol–water partition coefficient (Wildman–Crippen LogP) is 7.90. The van der Waals surface area contributed by atoms with Crippen molar-refractivity contribution in [2.45, 2.75) is 47.3 Å². The van der Waals surface area contributed by atoms with Gasteiger partial charge in [-0.1, -0.05) is 53.6 Å². The first-order chi connectivity index (χ1) is 13.9. The molecular weight excluding hydrogens is 422 g/mol. The fourth-order valence-electron chi connectivity index (χ4n) is 2.54. The molecule has 0 N–H and O–H groups in total. The van der Waals surface area contributed by atoms with Crippen LogP contribution < -0.4 is 0 Å². The first-order valence-electron chi connectivity index (χ1n) is 9.01. The Kier molecular flexibility index (Phi) is 8.01. The topological polar surface area (TPSA) is 0 Å². The van der Waals surface area contributed by atoms with Crippen LogP contribution in [0.4, 0.5) is 26.3 Å². The Bertz CT molecular complexity index is 840. The number of benzene rings is 3. The molecule has 160 valence electrons. The second-order valence-electron chi connectivity index (χ2n) is 6.65. The molecule has 3 aromatic rings. The molecule has 0 bridgehead atoms. The van der Waals surface area contributed by atoms with Crippen LogP contribution in [0.3, 0.4) is 0 Å². The molecule has 0 nitrogen and oxygen atoms in total. The van der Waals surface area contributed by atoms with Crippen molar-refractivity contribution in [2.75, 3.05) is 0 Å². The molecule has 0 amide bonds. The second-order valence-corrected chi connectivity index (χ2v) is 8.68. The third kappa shape index (κ3) is 8.14. The largest absolute Gasteiger partial charge is 0.397 e. The van der Waals surface area contributed by atoms with Gasteiger partial charge in [0.1, 0.15) is 6.42 Å². The van der Waals surface area contributed by atoms with E-state index < -0.39 is 18.8 Å². The van der Waals surface area contributed by atoms with Crippen molar-refractivity contribution in [1.29, 1.82) is 0 Å². The number of halogens is 6. The summed E-state index contributed by atoms with van der Waals surface area (Å²) < 4.78 is 65.0. The van der Waals surface area contributed by atoms with Crippen molar-refractivity contribution in [2.24, 2.45) is 0 Å². The van der Waals surface area contributed by atoms with Crippen LogP contribution in [0.2, 0.25) is 0 Å². The fourth-order valence-corrected chi connectivity index (χ4v) is 4.60. The molecule has 0 spiro atoms. The Morgan fingerprint density at radius 2 is 0.867 bits per heavy atom. The molecular formula is C23H21F6S+. The summed E-state index contributed by atoms with van der Waals surface area (Å²) in [6.07, 6.45) is -13.0. The summed E-state index contributed by atoms with van der Waals surface area (Å²) in [5.41, 5.74) is 2.61. The van der Waals surface area contributed by atoms with E-state index in [1.54, 1.807) is 0 Å². The summed E-state index contributed by atoms with van der Waals surface area (Å²) in [4.78, 5) is 4.11. The highest BCUT2D eigenvalue weighted by Crippen LogP contribution is 2.32. The first kappa shape index (κ1) is 23.9. The molecule has 0 unspecified atom stereocenters. The molecule has 0 aromatic heterocycles. The molecule has 30 heavy (non-hydrogen) atoms. The molecule has 0 saturated carbocycles. The monoisotopic (exact) mass is 443 g/mol. The summed E-state index contributed by atoms with van der Waals surface area (Å²) in [6, 6.07) is 28.6. The Labute approximate surface area is 174 Å². The van der Waals surface area contributed by atoms with Gasteiger partial charge >= 0.3 is 12.4 Å². The van der Waals surface area contributed by atoms with E-state index in [0.717, 1.165) is 0 Å². The van der Waals surface area contributed by atoms with Crippen LogP contribution in [0.5, 0.6) is 0 Å². The van der Waals surface area contributed by atoms with E-state index in [4.69, 9.17) is 0 Å². The summed E-state index contributed by atoms with van der Waals surface area (Å²) in [5, 5.41) is 0. The molecule has 0 aliphatic rings. The van der Waals surface area contributed by atoms with Crippen LogP contribution in [0.25, 0.3) is 0 Å². The van der Waals surface area contributed by atoms with Crippen molar-refractivity contribution >= 4 is 10.9 Å². The highest BCUT2D eigenvalue weighted by atomic mass is 32.2. The van der Waals surface area contributed by atoms with E-state index in [1.807, 2.05) is 0 Å². The van der Waals surface area contributed by atoms with E-state index in [9.17, 15) is 26.3 Å². The van der Waals surface area contributed by atoms with Gasteiger partial charge in [-0.15, -0.1) is 0 Å². The van der Waals surface area contributed by atoms with E-state index in [0.29, 0.717) is 0 Å². The number of hydrogen-bond donors (Lipinski definition) is 0. The van der Waals surface area contributed by atoms with Crippen LogP contribution in [0.15, 0.2) is 93.5 Å². The zero-order valence-corrected chi connectivity index (χ0v) is 17.2. The van der Waals surface area contributed by atoms with Crippen LogP contribution >= 0.6 is 0 Å². The number of rotatable bonds is 3.